The van der Waals surface area contributed by atoms with Gasteiger partial charge in [-0.05, 0) is 36.8 Å². The van der Waals surface area contributed by atoms with Crippen LogP contribution >= 0.6 is 0 Å². The summed E-state index contributed by atoms with van der Waals surface area (Å²) < 4.78 is 5.43. The van der Waals surface area contributed by atoms with Crippen LogP contribution in [0.2, 0.25) is 0 Å². The second kappa shape index (κ2) is 7.29. The summed E-state index contributed by atoms with van der Waals surface area (Å²) in [6.07, 6.45) is 5.96. The molecule has 1 amide bonds. The number of nitrogens with two attached hydrogens (primary N) is 1. The van der Waals surface area contributed by atoms with E-state index in [4.69, 9.17) is 10.5 Å². The van der Waals surface area contributed by atoms with E-state index in [0.717, 1.165) is 31.6 Å². The molecule has 0 unspecified atom stereocenters. The molecule has 1 aromatic carbocycles. The Hall–Kier alpha value is -2.63. The van der Waals surface area contributed by atoms with Crippen LogP contribution in [0.3, 0.4) is 0 Å². The highest BCUT2D eigenvalue weighted by molar-refractivity contribution is 5.96. The summed E-state index contributed by atoms with van der Waals surface area (Å²) in [4.78, 5) is 22.5. The fourth-order valence-corrected chi connectivity index (χ4v) is 3.26. The lowest BCUT2D eigenvalue weighted by atomic mass is 9.90. The maximum Gasteiger partial charge on any atom is 0.276 e. The predicted molar refractivity (Wildman–Crippen MR) is 91.8 cm³/mol. The van der Waals surface area contributed by atoms with Crippen molar-refractivity contribution in [2.24, 2.45) is 5.92 Å². The van der Waals surface area contributed by atoms with Gasteiger partial charge in [0, 0.05) is 25.5 Å². The highest BCUT2D eigenvalue weighted by Crippen LogP contribution is 2.26. The summed E-state index contributed by atoms with van der Waals surface area (Å²) in [6.45, 7) is 1.43. The highest BCUT2D eigenvalue weighted by atomic mass is 16.5. The van der Waals surface area contributed by atoms with Crippen LogP contribution in [-0.4, -0.2) is 41.0 Å². The molecule has 6 heteroatoms. The first-order valence-electron chi connectivity index (χ1n) is 8.16. The number of nitrogen functional groups attached to an aromatic ring is 1. The Morgan fingerprint density at radius 3 is 2.92 bits per heavy atom. The molecule has 1 atom stereocenters. The summed E-state index contributed by atoms with van der Waals surface area (Å²) in [5.74, 6) is 1.36. The number of carbonyl (C=O) groups is 1. The third-order valence-electron chi connectivity index (χ3n) is 4.44. The van der Waals surface area contributed by atoms with Crippen LogP contribution in [-0.2, 0) is 6.42 Å². The first-order chi connectivity index (χ1) is 11.7. The first kappa shape index (κ1) is 16.2. The predicted octanol–water partition coefficient (Wildman–Crippen LogP) is 2.16. The van der Waals surface area contributed by atoms with Gasteiger partial charge < -0.3 is 15.4 Å². The lowest BCUT2D eigenvalue weighted by Crippen LogP contribution is -2.41. The molecule has 2 N–H and O–H groups in total. The average Bonchev–Trinajstić information content (AvgIpc) is 2.62. The van der Waals surface area contributed by atoms with Gasteiger partial charge in [-0.25, -0.2) is 9.97 Å². The largest absolute Gasteiger partial charge is 0.496 e. The van der Waals surface area contributed by atoms with Crippen molar-refractivity contribution in [3.05, 3.63) is 47.9 Å². The van der Waals surface area contributed by atoms with Crippen LogP contribution < -0.4 is 10.5 Å². The van der Waals surface area contributed by atoms with Gasteiger partial charge in [-0.15, -0.1) is 0 Å². The lowest BCUT2D eigenvalue weighted by molar-refractivity contribution is 0.0668. The Morgan fingerprint density at radius 1 is 1.33 bits per heavy atom. The molecule has 0 bridgehead atoms. The molecule has 0 saturated carbocycles. The van der Waals surface area contributed by atoms with Gasteiger partial charge in [0.1, 0.15) is 5.75 Å². The number of hydrogen-bond donors (Lipinski definition) is 1. The van der Waals surface area contributed by atoms with Crippen LogP contribution in [0.5, 0.6) is 5.75 Å². The Morgan fingerprint density at radius 2 is 2.12 bits per heavy atom. The van der Waals surface area contributed by atoms with Crippen molar-refractivity contribution in [2.75, 3.05) is 25.9 Å². The molecule has 126 valence electrons. The highest BCUT2D eigenvalue weighted by Gasteiger charge is 2.27. The Balaban J connectivity index is 1.70. The minimum Gasteiger partial charge on any atom is -0.496 e. The molecule has 2 aromatic rings. The minimum atomic E-state index is -0.134. The SMILES string of the molecule is COc1ccccc1C[C@@H]1CCCN(C(=O)c2nccnc2N)C1. The first-order valence-corrected chi connectivity index (χ1v) is 8.16. The number of hydrogen-bond acceptors (Lipinski definition) is 5. The number of methoxy groups -OCH3 is 1. The maximum absolute atomic E-state index is 12.7. The summed E-state index contributed by atoms with van der Waals surface area (Å²) in [5, 5.41) is 0. The fourth-order valence-electron chi connectivity index (χ4n) is 3.26. The van der Waals surface area contributed by atoms with E-state index in [2.05, 4.69) is 16.0 Å². The van der Waals surface area contributed by atoms with Crippen LogP contribution in [0.1, 0.15) is 28.9 Å². The molecule has 24 heavy (non-hydrogen) atoms. The molecular weight excluding hydrogens is 304 g/mol. The number of para-hydroxylation sites is 1. The van der Waals surface area contributed by atoms with Gasteiger partial charge in [-0.1, -0.05) is 18.2 Å². The van der Waals surface area contributed by atoms with Crippen LogP contribution in [0.25, 0.3) is 0 Å². The van der Waals surface area contributed by atoms with Gasteiger partial charge >= 0.3 is 0 Å². The summed E-state index contributed by atoms with van der Waals surface area (Å²) in [7, 11) is 1.69. The minimum absolute atomic E-state index is 0.134. The molecule has 1 aromatic heterocycles. The van der Waals surface area contributed by atoms with E-state index >= 15 is 0 Å². The smallest absolute Gasteiger partial charge is 0.276 e. The number of nitrogens with zero attached hydrogens (tertiary/aromatic N) is 3. The van der Waals surface area contributed by atoms with Gasteiger partial charge in [0.15, 0.2) is 11.5 Å². The van der Waals surface area contributed by atoms with E-state index in [1.807, 2.05) is 23.1 Å². The number of likely N-dealkylation sites (tertiary alicyclic amines) is 1. The second-order valence-electron chi connectivity index (χ2n) is 6.07. The van der Waals surface area contributed by atoms with Crippen molar-refractivity contribution < 1.29 is 9.53 Å². The van der Waals surface area contributed by atoms with Gasteiger partial charge in [0.05, 0.1) is 7.11 Å². The fraction of sp³-hybridized carbons (Fsp3) is 0.389. The van der Waals surface area contributed by atoms with Gasteiger partial charge in [-0.3, -0.25) is 4.79 Å². The van der Waals surface area contributed by atoms with E-state index in [0.29, 0.717) is 12.5 Å². The topological polar surface area (TPSA) is 81.3 Å². The number of amides is 1. The van der Waals surface area contributed by atoms with Crippen molar-refractivity contribution in [3.63, 3.8) is 0 Å². The van der Waals surface area contributed by atoms with Crippen molar-refractivity contribution in [1.29, 1.82) is 0 Å². The molecule has 0 aliphatic carbocycles. The quantitative estimate of drug-likeness (QED) is 0.931. The molecule has 1 aliphatic heterocycles. The zero-order valence-electron chi connectivity index (χ0n) is 13.8. The number of carbonyl (C=O) groups excluding carboxylic acids is 1. The zero-order chi connectivity index (χ0) is 16.9. The number of aromatic nitrogens is 2. The Labute approximate surface area is 141 Å². The van der Waals surface area contributed by atoms with Crippen molar-refractivity contribution in [2.45, 2.75) is 19.3 Å². The van der Waals surface area contributed by atoms with Crippen LogP contribution in [0.4, 0.5) is 5.82 Å². The standard InChI is InChI=1S/C18H22N4O2/c1-24-15-7-3-2-6-14(15)11-13-5-4-10-22(12-13)18(23)16-17(19)21-9-8-20-16/h2-3,6-9,13H,4-5,10-12H2,1H3,(H2,19,21)/t13-/m0/s1. The number of anilines is 1. The third-order valence-corrected chi connectivity index (χ3v) is 4.44. The van der Waals surface area contributed by atoms with Crippen LogP contribution in [0.15, 0.2) is 36.7 Å². The van der Waals surface area contributed by atoms with E-state index in [1.165, 1.54) is 18.0 Å². The van der Waals surface area contributed by atoms with Gasteiger partial charge in [-0.2, -0.15) is 0 Å². The average molecular weight is 326 g/mol. The van der Waals surface area contributed by atoms with E-state index in [9.17, 15) is 4.79 Å². The van der Waals surface area contributed by atoms with Crippen LogP contribution in [0, 0.1) is 5.92 Å². The molecule has 1 fully saturated rings. The van der Waals surface area contributed by atoms with Crippen molar-refractivity contribution in [1.82, 2.24) is 14.9 Å². The van der Waals surface area contributed by atoms with E-state index < -0.39 is 0 Å². The Bertz CT molecular complexity index is 720. The summed E-state index contributed by atoms with van der Waals surface area (Å²) in [5.41, 5.74) is 7.21. The second-order valence-corrected chi connectivity index (χ2v) is 6.07. The molecule has 6 nitrogen and oxygen atoms in total. The Kier molecular flexibility index (Phi) is 4.93. The molecule has 2 heterocycles. The molecule has 3 rings (SSSR count). The number of rotatable bonds is 4. The van der Waals surface area contributed by atoms with E-state index in [1.54, 1.807) is 7.11 Å². The number of ether oxygens (including phenoxy) is 1. The summed E-state index contributed by atoms with van der Waals surface area (Å²) >= 11 is 0. The van der Waals surface area contributed by atoms with Gasteiger partial charge in [0.25, 0.3) is 5.91 Å². The lowest BCUT2D eigenvalue weighted by Gasteiger charge is -2.33. The molecule has 1 saturated heterocycles. The molecular formula is C18H22N4O2. The normalized spacial score (nSPS) is 17.5. The number of piperidine rings is 1. The van der Waals surface area contributed by atoms with E-state index in [-0.39, 0.29) is 17.4 Å². The zero-order valence-corrected chi connectivity index (χ0v) is 13.8. The van der Waals surface area contributed by atoms with Gasteiger partial charge in [0.2, 0.25) is 0 Å². The maximum atomic E-state index is 12.7. The van der Waals surface area contributed by atoms with Crippen molar-refractivity contribution >= 4 is 11.7 Å². The third kappa shape index (κ3) is 3.48. The molecule has 0 spiro atoms. The molecule has 0 radical (unpaired) electrons. The van der Waals surface area contributed by atoms with Crippen molar-refractivity contribution in [3.8, 4) is 5.75 Å². The monoisotopic (exact) mass is 326 g/mol. The summed E-state index contributed by atoms with van der Waals surface area (Å²) in [6, 6.07) is 8.04. The molecule has 1 aliphatic rings. The number of benzene rings is 1.